The highest BCUT2D eigenvalue weighted by molar-refractivity contribution is 5.61. The van der Waals surface area contributed by atoms with Crippen LogP contribution in [0.5, 0.6) is 5.75 Å². The van der Waals surface area contributed by atoms with Crippen LogP contribution in [0.15, 0.2) is 29.8 Å². The molecule has 98 valence electrons. The molecule has 2 rings (SSSR count). The fourth-order valence-corrected chi connectivity index (χ4v) is 2.40. The van der Waals surface area contributed by atoms with Gasteiger partial charge in [-0.05, 0) is 32.4 Å². The lowest BCUT2D eigenvalue weighted by atomic mass is 10.0. The Balaban J connectivity index is 2.38. The van der Waals surface area contributed by atoms with E-state index < -0.39 is 6.10 Å². The molecule has 0 aromatic heterocycles. The highest BCUT2D eigenvalue weighted by atomic mass is 16.5. The molecule has 0 saturated carbocycles. The van der Waals surface area contributed by atoms with E-state index >= 15 is 0 Å². The Kier molecular flexibility index (Phi) is 3.92. The molecule has 1 unspecified atom stereocenters. The van der Waals surface area contributed by atoms with Crippen molar-refractivity contribution in [1.29, 1.82) is 0 Å². The number of nitrogens with zero attached hydrogens (tertiary/aromatic N) is 1. The maximum absolute atomic E-state index is 9.98. The predicted octanol–water partition coefficient (Wildman–Crippen LogP) is 2.90. The Hall–Kier alpha value is -1.48. The van der Waals surface area contributed by atoms with E-state index in [0.717, 1.165) is 36.5 Å². The first kappa shape index (κ1) is 13.0. The van der Waals surface area contributed by atoms with Crippen LogP contribution in [0.2, 0.25) is 0 Å². The lowest BCUT2D eigenvalue weighted by molar-refractivity contribution is 0.194. The van der Waals surface area contributed by atoms with E-state index in [1.807, 2.05) is 12.1 Å². The van der Waals surface area contributed by atoms with Crippen molar-refractivity contribution < 1.29 is 9.84 Å². The van der Waals surface area contributed by atoms with E-state index in [1.165, 1.54) is 5.57 Å². The van der Waals surface area contributed by atoms with Crippen molar-refractivity contribution >= 4 is 5.69 Å². The minimum Gasteiger partial charge on any atom is -0.496 e. The Morgan fingerprint density at radius 3 is 2.72 bits per heavy atom. The average molecular weight is 247 g/mol. The zero-order valence-electron chi connectivity index (χ0n) is 11.3. The fourth-order valence-electron chi connectivity index (χ4n) is 2.40. The van der Waals surface area contributed by atoms with Crippen LogP contribution in [0.25, 0.3) is 0 Å². The van der Waals surface area contributed by atoms with Gasteiger partial charge in [-0.3, -0.25) is 0 Å². The van der Waals surface area contributed by atoms with E-state index in [0.29, 0.717) is 0 Å². The number of aliphatic hydroxyl groups is 1. The monoisotopic (exact) mass is 247 g/mol. The third-order valence-corrected chi connectivity index (χ3v) is 3.46. The summed E-state index contributed by atoms with van der Waals surface area (Å²) in [7, 11) is 1.64. The molecule has 1 aliphatic heterocycles. The maximum Gasteiger partial charge on any atom is 0.126 e. The number of anilines is 1. The number of aliphatic hydroxyl groups excluding tert-OH is 1. The zero-order valence-corrected chi connectivity index (χ0v) is 11.3. The Morgan fingerprint density at radius 2 is 2.17 bits per heavy atom. The third kappa shape index (κ3) is 2.51. The molecule has 0 aliphatic carbocycles. The second kappa shape index (κ2) is 5.44. The summed E-state index contributed by atoms with van der Waals surface area (Å²) in [5, 5.41) is 9.98. The summed E-state index contributed by atoms with van der Waals surface area (Å²) < 4.78 is 5.36. The van der Waals surface area contributed by atoms with E-state index in [2.05, 4.69) is 24.0 Å². The highest BCUT2D eigenvalue weighted by Gasteiger charge is 2.19. The van der Waals surface area contributed by atoms with Gasteiger partial charge in [-0.15, -0.1) is 0 Å². The van der Waals surface area contributed by atoms with Gasteiger partial charge < -0.3 is 14.7 Å². The highest BCUT2D eigenvalue weighted by Crippen LogP contribution is 2.35. The molecule has 1 aromatic carbocycles. The first-order valence-corrected chi connectivity index (χ1v) is 6.39. The number of hydrogen-bond acceptors (Lipinski definition) is 3. The van der Waals surface area contributed by atoms with Gasteiger partial charge in [0.2, 0.25) is 0 Å². The second-order valence-electron chi connectivity index (χ2n) is 4.82. The van der Waals surface area contributed by atoms with E-state index in [9.17, 15) is 5.11 Å². The van der Waals surface area contributed by atoms with Crippen LogP contribution in [0.3, 0.4) is 0 Å². The van der Waals surface area contributed by atoms with Gasteiger partial charge in [-0.1, -0.05) is 17.7 Å². The van der Waals surface area contributed by atoms with E-state index in [1.54, 1.807) is 14.0 Å². The molecule has 3 heteroatoms. The molecule has 0 amide bonds. The van der Waals surface area contributed by atoms with Gasteiger partial charge in [0.25, 0.3) is 0 Å². The lowest BCUT2D eigenvalue weighted by Gasteiger charge is -2.30. The van der Waals surface area contributed by atoms with Crippen LogP contribution >= 0.6 is 0 Å². The molecule has 1 atom stereocenters. The summed E-state index contributed by atoms with van der Waals surface area (Å²) in [6, 6.07) is 5.93. The summed E-state index contributed by atoms with van der Waals surface area (Å²) in [5.41, 5.74) is 3.40. The van der Waals surface area contributed by atoms with Gasteiger partial charge >= 0.3 is 0 Å². The lowest BCUT2D eigenvalue weighted by Crippen LogP contribution is -2.29. The molecular formula is C15H21NO2. The van der Waals surface area contributed by atoms with Gasteiger partial charge in [0.15, 0.2) is 0 Å². The fraction of sp³-hybridized carbons (Fsp3) is 0.467. The molecule has 1 aromatic rings. The molecule has 3 nitrogen and oxygen atoms in total. The molecular weight excluding hydrogens is 226 g/mol. The molecule has 1 N–H and O–H groups in total. The Labute approximate surface area is 109 Å². The maximum atomic E-state index is 9.98. The standard InChI is InChI=1S/C15H21NO2/c1-11-7-9-16(10-8-11)13-5-4-6-14(18-3)15(13)12(2)17/h4-7,12,17H,8-10H2,1-3H3. The van der Waals surface area contributed by atoms with Crippen molar-refractivity contribution in [1.82, 2.24) is 0 Å². The van der Waals surface area contributed by atoms with Crippen LogP contribution in [0.1, 0.15) is 31.9 Å². The van der Waals surface area contributed by atoms with Crippen molar-refractivity contribution in [2.45, 2.75) is 26.4 Å². The predicted molar refractivity (Wildman–Crippen MR) is 74.2 cm³/mol. The molecule has 0 fully saturated rings. The van der Waals surface area contributed by atoms with E-state index in [-0.39, 0.29) is 0 Å². The van der Waals surface area contributed by atoms with Crippen molar-refractivity contribution in [3.8, 4) is 5.75 Å². The van der Waals surface area contributed by atoms with Crippen LogP contribution in [0.4, 0.5) is 5.69 Å². The molecule has 0 bridgehead atoms. The van der Waals surface area contributed by atoms with Crippen molar-refractivity contribution in [3.63, 3.8) is 0 Å². The Bertz CT molecular complexity index is 452. The summed E-state index contributed by atoms with van der Waals surface area (Å²) >= 11 is 0. The number of rotatable bonds is 3. The molecule has 18 heavy (non-hydrogen) atoms. The van der Waals surface area contributed by atoms with Crippen molar-refractivity contribution in [3.05, 3.63) is 35.4 Å². The third-order valence-electron chi connectivity index (χ3n) is 3.46. The first-order chi connectivity index (χ1) is 8.63. The van der Waals surface area contributed by atoms with Crippen LogP contribution < -0.4 is 9.64 Å². The van der Waals surface area contributed by atoms with Gasteiger partial charge in [0.1, 0.15) is 5.75 Å². The summed E-state index contributed by atoms with van der Waals surface area (Å²) in [6.45, 7) is 5.85. The largest absolute Gasteiger partial charge is 0.496 e. The van der Waals surface area contributed by atoms with Gasteiger partial charge in [-0.2, -0.15) is 0 Å². The smallest absolute Gasteiger partial charge is 0.126 e. The van der Waals surface area contributed by atoms with Crippen LogP contribution in [-0.2, 0) is 0 Å². The van der Waals surface area contributed by atoms with Crippen LogP contribution in [-0.4, -0.2) is 25.3 Å². The quantitative estimate of drug-likeness (QED) is 0.834. The first-order valence-electron chi connectivity index (χ1n) is 6.39. The van der Waals surface area contributed by atoms with Crippen molar-refractivity contribution in [2.75, 3.05) is 25.1 Å². The molecule has 1 heterocycles. The van der Waals surface area contributed by atoms with Crippen LogP contribution in [0, 0.1) is 0 Å². The van der Waals surface area contributed by atoms with E-state index in [4.69, 9.17) is 4.74 Å². The Morgan fingerprint density at radius 1 is 1.39 bits per heavy atom. The zero-order chi connectivity index (χ0) is 13.1. The molecule has 0 radical (unpaired) electrons. The summed E-state index contributed by atoms with van der Waals surface area (Å²) in [4.78, 5) is 2.29. The van der Waals surface area contributed by atoms with Gasteiger partial charge in [0.05, 0.1) is 13.2 Å². The molecule has 1 aliphatic rings. The normalized spacial score (nSPS) is 17.3. The van der Waals surface area contributed by atoms with Gasteiger partial charge in [-0.25, -0.2) is 0 Å². The van der Waals surface area contributed by atoms with Gasteiger partial charge in [0, 0.05) is 24.3 Å². The summed E-state index contributed by atoms with van der Waals surface area (Å²) in [6.07, 6.45) is 2.80. The minimum absolute atomic E-state index is 0.525. The number of hydrogen-bond donors (Lipinski definition) is 1. The number of ether oxygens (including phenoxy) is 1. The number of benzene rings is 1. The topological polar surface area (TPSA) is 32.7 Å². The summed E-state index contributed by atoms with van der Waals surface area (Å²) in [5.74, 6) is 0.758. The second-order valence-corrected chi connectivity index (χ2v) is 4.82. The van der Waals surface area contributed by atoms with Crippen molar-refractivity contribution in [2.24, 2.45) is 0 Å². The SMILES string of the molecule is COc1cccc(N2CC=C(C)CC2)c1C(C)O. The minimum atomic E-state index is -0.525. The number of methoxy groups -OCH3 is 1. The average Bonchev–Trinajstić information content (AvgIpc) is 2.38. The molecule has 0 saturated heterocycles. The molecule has 0 spiro atoms.